The average molecular weight is 347 g/mol. The first-order valence-corrected chi connectivity index (χ1v) is 8.46. The molecule has 2 aromatic carbocycles. The number of hydrogen-bond donors (Lipinski definition) is 2. The molecule has 0 amide bonds. The highest BCUT2D eigenvalue weighted by Crippen LogP contribution is 2.26. The molecule has 0 atom stereocenters. The van der Waals surface area contributed by atoms with Gasteiger partial charge in [-0.1, -0.05) is 11.6 Å². The maximum atomic E-state index is 13.1. The van der Waals surface area contributed by atoms with Gasteiger partial charge in [-0.15, -0.1) is 0 Å². The minimum Gasteiger partial charge on any atom is -0.381 e. The largest absolute Gasteiger partial charge is 0.381 e. The van der Waals surface area contributed by atoms with Gasteiger partial charge in [0.2, 0.25) is 10.0 Å². The number of sulfonamides is 1. The van der Waals surface area contributed by atoms with Crippen molar-refractivity contribution in [3.63, 3.8) is 0 Å². The summed E-state index contributed by atoms with van der Waals surface area (Å²) in [5, 5.41) is 3.16. The van der Waals surface area contributed by atoms with Crippen LogP contribution in [0.1, 0.15) is 5.56 Å². The summed E-state index contributed by atoms with van der Waals surface area (Å²) in [6, 6.07) is 7.86. The van der Waals surface area contributed by atoms with Gasteiger partial charge in [-0.3, -0.25) is 4.72 Å². The first-order valence-electron chi connectivity index (χ1n) is 6.19. The molecule has 2 aromatic rings. The van der Waals surface area contributed by atoms with E-state index >= 15 is 0 Å². The predicted molar refractivity (Wildman–Crippen MR) is 83.6 cm³/mol. The Morgan fingerprint density at radius 3 is 2.27 bits per heavy atom. The SMILES string of the molecule is CS(=O)(=O)Nc1ccc(NCc2cc(F)cc(F)c2)cc1Cl. The molecular formula is C14H13ClF2N2O2S. The predicted octanol–water partition coefficient (Wildman–Crippen LogP) is 3.60. The Bertz CT molecular complexity index is 777. The number of anilines is 2. The first kappa shape index (κ1) is 16.5. The first-order chi connectivity index (χ1) is 10.2. The zero-order chi connectivity index (χ0) is 16.3. The molecule has 0 bridgehead atoms. The Balaban J connectivity index is 2.09. The van der Waals surface area contributed by atoms with Crippen molar-refractivity contribution in [3.05, 3.63) is 58.6 Å². The number of hydrogen-bond acceptors (Lipinski definition) is 3. The van der Waals surface area contributed by atoms with Crippen LogP contribution in [0.15, 0.2) is 36.4 Å². The van der Waals surface area contributed by atoms with Gasteiger partial charge in [-0.25, -0.2) is 17.2 Å². The number of halogens is 3. The molecule has 2 rings (SSSR count). The van der Waals surface area contributed by atoms with Crippen molar-refractivity contribution in [3.8, 4) is 0 Å². The third-order valence-corrected chi connectivity index (χ3v) is 3.59. The fourth-order valence-electron chi connectivity index (χ4n) is 1.82. The highest BCUT2D eigenvalue weighted by atomic mass is 35.5. The van der Waals surface area contributed by atoms with Crippen LogP contribution in [-0.2, 0) is 16.6 Å². The van der Waals surface area contributed by atoms with Gasteiger partial charge in [0.05, 0.1) is 17.0 Å². The number of benzene rings is 2. The molecule has 0 unspecified atom stereocenters. The Kier molecular flexibility index (Phi) is 4.87. The Labute approximate surface area is 132 Å². The van der Waals surface area contributed by atoms with Crippen LogP contribution in [0.3, 0.4) is 0 Å². The minimum absolute atomic E-state index is 0.198. The van der Waals surface area contributed by atoms with Gasteiger partial charge in [0.15, 0.2) is 0 Å². The fraction of sp³-hybridized carbons (Fsp3) is 0.143. The van der Waals surface area contributed by atoms with E-state index in [0.717, 1.165) is 12.3 Å². The summed E-state index contributed by atoms with van der Waals surface area (Å²) in [7, 11) is -3.42. The van der Waals surface area contributed by atoms with Crippen molar-refractivity contribution in [1.29, 1.82) is 0 Å². The van der Waals surface area contributed by atoms with E-state index in [1.54, 1.807) is 6.07 Å². The van der Waals surface area contributed by atoms with Gasteiger partial charge in [0.25, 0.3) is 0 Å². The summed E-state index contributed by atoms with van der Waals surface area (Å²) >= 11 is 5.98. The van der Waals surface area contributed by atoms with E-state index < -0.39 is 21.7 Å². The lowest BCUT2D eigenvalue weighted by Crippen LogP contribution is -2.10. The molecule has 22 heavy (non-hydrogen) atoms. The van der Waals surface area contributed by atoms with Crippen molar-refractivity contribution in [2.45, 2.75) is 6.54 Å². The molecule has 0 spiro atoms. The molecule has 8 heteroatoms. The molecule has 0 saturated heterocycles. The molecule has 2 N–H and O–H groups in total. The van der Waals surface area contributed by atoms with Gasteiger partial charge in [-0.05, 0) is 35.9 Å². The van der Waals surface area contributed by atoms with Crippen LogP contribution >= 0.6 is 11.6 Å². The summed E-state index contributed by atoms with van der Waals surface area (Å²) in [6.45, 7) is 0.198. The molecule has 0 heterocycles. The maximum Gasteiger partial charge on any atom is 0.229 e. The van der Waals surface area contributed by atoms with Crippen LogP contribution in [0.5, 0.6) is 0 Å². The molecule has 0 aliphatic rings. The van der Waals surface area contributed by atoms with Gasteiger partial charge >= 0.3 is 0 Å². The van der Waals surface area contributed by atoms with E-state index in [4.69, 9.17) is 11.6 Å². The van der Waals surface area contributed by atoms with E-state index in [9.17, 15) is 17.2 Å². The lowest BCUT2D eigenvalue weighted by atomic mass is 10.2. The zero-order valence-corrected chi connectivity index (χ0v) is 13.1. The topological polar surface area (TPSA) is 58.2 Å². The fourth-order valence-corrected chi connectivity index (χ4v) is 2.69. The molecule has 0 aromatic heterocycles. The zero-order valence-electron chi connectivity index (χ0n) is 11.5. The highest BCUT2D eigenvalue weighted by Gasteiger charge is 2.07. The van der Waals surface area contributed by atoms with Gasteiger partial charge in [0, 0.05) is 18.3 Å². The maximum absolute atomic E-state index is 13.1. The average Bonchev–Trinajstić information content (AvgIpc) is 2.37. The molecular weight excluding hydrogens is 334 g/mol. The van der Waals surface area contributed by atoms with E-state index in [1.165, 1.54) is 24.3 Å². The Morgan fingerprint density at radius 2 is 1.73 bits per heavy atom. The van der Waals surface area contributed by atoms with Crippen LogP contribution in [0.4, 0.5) is 20.2 Å². The van der Waals surface area contributed by atoms with Gasteiger partial charge in [-0.2, -0.15) is 0 Å². The molecule has 0 saturated carbocycles. The van der Waals surface area contributed by atoms with E-state index in [1.807, 2.05) is 0 Å². The third-order valence-electron chi connectivity index (χ3n) is 2.68. The minimum atomic E-state index is -3.42. The standard InChI is InChI=1S/C14H13ClF2N2O2S/c1-22(20,21)19-14-3-2-12(7-13(14)15)18-8-9-4-10(16)6-11(17)5-9/h2-7,18-19H,8H2,1H3. The number of rotatable bonds is 5. The third kappa shape index (κ3) is 4.85. The van der Waals surface area contributed by atoms with Crippen molar-refractivity contribution in [1.82, 2.24) is 0 Å². The molecule has 118 valence electrons. The van der Waals surface area contributed by atoms with Crippen LogP contribution in [0.2, 0.25) is 5.02 Å². The lowest BCUT2D eigenvalue weighted by molar-refractivity contribution is 0.580. The highest BCUT2D eigenvalue weighted by molar-refractivity contribution is 7.92. The van der Waals surface area contributed by atoms with Crippen LogP contribution in [0.25, 0.3) is 0 Å². The Hall–Kier alpha value is -1.86. The Morgan fingerprint density at radius 1 is 1.09 bits per heavy atom. The molecule has 0 aliphatic heterocycles. The quantitative estimate of drug-likeness (QED) is 0.869. The molecule has 0 fully saturated rings. The van der Waals surface area contributed by atoms with Crippen LogP contribution in [-0.4, -0.2) is 14.7 Å². The van der Waals surface area contributed by atoms with Crippen molar-refractivity contribution in [2.75, 3.05) is 16.3 Å². The summed E-state index contributed by atoms with van der Waals surface area (Å²) < 4.78 is 50.7. The van der Waals surface area contributed by atoms with Crippen molar-refractivity contribution >= 4 is 33.0 Å². The summed E-state index contributed by atoms with van der Waals surface area (Å²) in [5.74, 6) is -1.30. The summed E-state index contributed by atoms with van der Waals surface area (Å²) in [6.07, 6.45) is 1.02. The van der Waals surface area contributed by atoms with E-state index in [2.05, 4.69) is 10.0 Å². The second-order valence-corrected chi connectivity index (χ2v) is 6.86. The van der Waals surface area contributed by atoms with E-state index in [0.29, 0.717) is 11.3 Å². The molecule has 0 radical (unpaired) electrons. The molecule has 0 aliphatic carbocycles. The van der Waals surface area contributed by atoms with Gasteiger partial charge < -0.3 is 5.32 Å². The van der Waals surface area contributed by atoms with Crippen molar-refractivity contribution in [2.24, 2.45) is 0 Å². The van der Waals surface area contributed by atoms with Gasteiger partial charge in [0.1, 0.15) is 11.6 Å². The smallest absolute Gasteiger partial charge is 0.229 e. The summed E-state index contributed by atoms with van der Waals surface area (Å²) in [4.78, 5) is 0. The van der Waals surface area contributed by atoms with E-state index in [-0.39, 0.29) is 17.3 Å². The second-order valence-electron chi connectivity index (χ2n) is 4.70. The molecule has 4 nitrogen and oxygen atoms in total. The lowest BCUT2D eigenvalue weighted by Gasteiger charge is -2.10. The monoisotopic (exact) mass is 346 g/mol. The van der Waals surface area contributed by atoms with Crippen molar-refractivity contribution < 1.29 is 17.2 Å². The van der Waals surface area contributed by atoms with Crippen LogP contribution < -0.4 is 10.0 Å². The number of nitrogens with one attached hydrogen (secondary N) is 2. The van der Waals surface area contributed by atoms with Crippen LogP contribution in [0, 0.1) is 11.6 Å². The normalized spacial score (nSPS) is 11.3. The summed E-state index contributed by atoms with van der Waals surface area (Å²) in [5.41, 5.74) is 1.28. The second kappa shape index (κ2) is 6.50.